The summed E-state index contributed by atoms with van der Waals surface area (Å²) in [6, 6.07) is 0. The zero-order chi connectivity index (χ0) is 17.6. The van der Waals surface area contributed by atoms with Gasteiger partial charge >= 0.3 is 5.69 Å². The van der Waals surface area contributed by atoms with E-state index >= 15 is 0 Å². The van der Waals surface area contributed by atoms with Crippen LogP contribution in [0.3, 0.4) is 0 Å². The number of nitro groups is 1. The summed E-state index contributed by atoms with van der Waals surface area (Å²) in [5.41, 5.74) is -4.48. The number of amides is 1. The van der Waals surface area contributed by atoms with E-state index in [4.69, 9.17) is 0 Å². The van der Waals surface area contributed by atoms with Crippen LogP contribution in [-0.4, -0.2) is 48.6 Å². The number of rotatable bonds is 4. The van der Waals surface area contributed by atoms with Gasteiger partial charge in [-0.25, -0.2) is 8.78 Å². The second kappa shape index (κ2) is 5.33. The maximum atomic E-state index is 13.2. The molecule has 23 heavy (non-hydrogen) atoms. The fraction of sp³-hybridized carbons (Fsp3) is 0.583. The number of nitrogens with zero attached hydrogens (tertiary/aromatic N) is 5. The van der Waals surface area contributed by atoms with Crippen molar-refractivity contribution in [1.82, 2.24) is 14.8 Å². The Bertz CT molecular complexity index is 687. The first kappa shape index (κ1) is 16.9. The lowest BCUT2D eigenvalue weighted by Crippen LogP contribution is -2.57. The van der Waals surface area contributed by atoms with Gasteiger partial charge in [0.1, 0.15) is 17.9 Å². The summed E-state index contributed by atoms with van der Waals surface area (Å²) < 4.78 is 27.3. The minimum Gasteiger partial charge on any atom is -0.364 e. The molecule has 0 saturated carbocycles. The van der Waals surface area contributed by atoms with Crippen LogP contribution in [0.1, 0.15) is 27.2 Å². The lowest BCUT2D eigenvalue weighted by atomic mass is 10.0. The summed E-state index contributed by atoms with van der Waals surface area (Å²) in [4.78, 5) is 22.6. The van der Waals surface area contributed by atoms with Crippen molar-refractivity contribution in [1.29, 1.82) is 0 Å². The second-order valence-electron chi connectivity index (χ2n) is 5.77. The summed E-state index contributed by atoms with van der Waals surface area (Å²) in [7, 11) is 0. The van der Waals surface area contributed by atoms with Crippen molar-refractivity contribution in [2.75, 3.05) is 0 Å². The third-order valence-corrected chi connectivity index (χ3v) is 3.57. The van der Waals surface area contributed by atoms with E-state index < -0.39 is 34.9 Å². The quantitative estimate of drug-likeness (QED) is 0.655. The van der Waals surface area contributed by atoms with Crippen molar-refractivity contribution in [3.8, 4) is 0 Å². The van der Waals surface area contributed by atoms with Crippen LogP contribution in [0.5, 0.6) is 0 Å². The molecule has 2 rings (SSSR count). The molecule has 1 N–H and O–H groups in total. The number of hydrazone groups is 1. The number of hydrogen-bond acceptors (Lipinski definition) is 6. The maximum absolute atomic E-state index is 13.2. The smallest absolute Gasteiger partial charge is 0.307 e. The van der Waals surface area contributed by atoms with Crippen molar-refractivity contribution >= 4 is 17.3 Å². The van der Waals surface area contributed by atoms with Crippen LogP contribution in [-0.2, 0) is 10.3 Å². The van der Waals surface area contributed by atoms with Crippen LogP contribution >= 0.6 is 0 Å². The number of carbonyl (C=O) groups excluding carboxylic acids is 1. The van der Waals surface area contributed by atoms with Crippen LogP contribution in [0.4, 0.5) is 14.5 Å². The van der Waals surface area contributed by atoms with E-state index in [2.05, 4.69) is 10.2 Å². The molecule has 1 amide bonds. The summed E-state index contributed by atoms with van der Waals surface area (Å²) in [6.45, 7) is 4.08. The van der Waals surface area contributed by atoms with E-state index in [1.54, 1.807) is 0 Å². The lowest BCUT2D eigenvalue weighted by Gasteiger charge is -2.35. The molecule has 0 bridgehead atoms. The van der Waals surface area contributed by atoms with E-state index in [1.165, 1.54) is 20.8 Å². The Morgan fingerprint density at radius 1 is 1.57 bits per heavy atom. The highest BCUT2D eigenvalue weighted by molar-refractivity contribution is 5.91. The molecule has 0 saturated heterocycles. The van der Waals surface area contributed by atoms with Crippen molar-refractivity contribution in [3.63, 3.8) is 0 Å². The number of halogens is 2. The Morgan fingerprint density at radius 2 is 2.17 bits per heavy atom. The van der Waals surface area contributed by atoms with Gasteiger partial charge in [-0.15, -0.1) is 0 Å². The highest BCUT2D eigenvalue weighted by atomic mass is 19.3. The maximum Gasteiger partial charge on any atom is 0.307 e. The Morgan fingerprint density at radius 3 is 2.65 bits per heavy atom. The van der Waals surface area contributed by atoms with Crippen LogP contribution < -0.4 is 0 Å². The number of alkyl halides is 2. The molecule has 9 nitrogen and oxygen atoms in total. The van der Waals surface area contributed by atoms with Crippen LogP contribution in [0.15, 0.2) is 17.5 Å². The average molecular weight is 331 g/mol. The number of hydrogen-bond donors (Lipinski definition) is 1. The molecule has 126 valence electrons. The molecule has 1 aliphatic heterocycles. The standard InChI is InChI=1S/C12H15F2N5O4/c1-7-4-12(21,9(13)14)18(16-7)10(20)11(2,3)17-6-8(5-15-17)19(22)23/h5-6,9,21H,4H2,1-3H3/t12-/m1/s1. The fourth-order valence-corrected chi connectivity index (χ4v) is 2.21. The first-order chi connectivity index (χ1) is 10.5. The molecule has 0 fully saturated rings. The topological polar surface area (TPSA) is 114 Å². The van der Waals surface area contributed by atoms with Crippen molar-refractivity contribution in [2.45, 2.75) is 44.9 Å². The molecule has 1 aromatic rings. The lowest BCUT2D eigenvalue weighted by molar-refractivity contribution is -0.385. The average Bonchev–Trinajstić information content (AvgIpc) is 3.03. The molecule has 0 unspecified atom stereocenters. The van der Waals surface area contributed by atoms with Crippen LogP contribution in [0.2, 0.25) is 0 Å². The highest BCUT2D eigenvalue weighted by Gasteiger charge is 2.54. The Labute approximate surface area is 129 Å². The van der Waals surface area contributed by atoms with Gasteiger partial charge in [-0.05, 0) is 20.8 Å². The van der Waals surface area contributed by atoms with Gasteiger partial charge < -0.3 is 5.11 Å². The van der Waals surface area contributed by atoms with Crippen molar-refractivity contribution in [3.05, 3.63) is 22.5 Å². The van der Waals surface area contributed by atoms with Crippen molar-refractivity contribution in [2.24, 2.45) is 5.10 Å². The fourth-order valence-electron chi connectivity index (χ4n) is 2.21. The van der Waals surface area contributed by atoms with Crippen LogP contribution in [0, 0.1) is 10.1 Å². The molecular formula is C12H15F2N5O4. The van der Waals surface area contributed by atoms with E-state index in [1.807, 2.05) is 0 Å². The Hall–Kier alpha value is -2.43. The van der Waals surface area contributed by atoms with E-state index in [9.17, 15) is 28.8 Å². The summed E-state index contributed by atoms with van der Waals surface area (Å²) in [5, 5.41) is 28.5. The zero-order valence-corrected chi connectivity index (χ0v) is 12.6. The molecule has 0 spiro atoms. The normalized spacial score (nSPS) is 21.7. The first-order valence-electron chi connectivity index (χ1n) is 6.59. The third kappa shape index (κ3) is 2.67. The summed E-state index contributed by atoms with van der Waals surface area (Å²) in [6.07, 6.45) is -1.76. The van der Waals surface area contributed by atoms with Gasteiger partial charge in [-0.1, -0.05) is 0 Å². The Kier molecular flexibility index (Phi) is 3.93. The first-order valence-corrected chi connectivity index (χ1v) is 6.59. The number of carbonyl (C=O) groups is 1. The SMILES string of the molecule is CC1=NN(C(=O)C(C)(C)n2cc([N+](=O)[O-])cn2)[C@](O)(C(F)F)C1. The molecule has 1 atom stereocenters. The van der Waals surface area contributed by atoms with Gasteiger partial charge in [0.15, 0.2) is 0 Å². The zero-order valence-electron chi connectivity index (χ0n) is 12.6. The van der Waals surface area contributed by atoms with E-state index in [0.717, 1.165) is 17.1 Å². The summed E-state index contributed by atoms with van der Waals surface area (Å²) >= 11 is 0. The second-order valence-corrected chi connectivity index (χ2v) is 5.77. The summed E-state index contributed by atoms with van der Waals surface area (Å²) in [5.74, 6) is -0.963. The van der Waals surface area contributed by atoms with Gasteiger partial charge in [-0.3, -0.25) is 19.6 Å². The largest absolute Gasteiger partial charge is 0.364 e. The molecule has 0 radical (unpaired) electrons. The third-order valence-electron chi connectivity index (χ3n) is 3.57. The monoisotopic (exact) mass is 331 g/mol. The Balaban J connectivity index is 2.38. The number of aromatic nitrogens is 2. The van der Waals surface area contributed by atoms with E-state index in [0.29, 0.717) is 5.01 Å². The predicted molar refractivity (Wildman–Crippen MR) is 73.7 cm³/mol. The molecule has 1 aromatic heterocycles. The predicted octanol–water partition coefficient (Wildman–Crippen LogP) is 1.09. The number of aliphatic hydroxyl groups is 1. The minimum absolute atomic E-state index is 0.170. The van der Waals surface area contributed by atoms with Gasteiger partial charge in [0, 0.05) is 12.1 Å². The molecule has 2 heterocycles. The van der Waals surface area contributed by atoms with Crippen LogP contribution in [0.25, 0.3) is 0 Å². The molecular weight excluding hydrogens is 316 g/mol. The minimum atomic E-state index is -3.23. The van der Waals surface area contributed by atoms with Crippen molar-refractivity contribution < 1.29 is 23.6 Å². The van der Waals surface area contributed by atoms with Gasteiger partial charge in [-0.2, -0.15) is 15.2 Å². The molecule has 11 heteroatoms. The molecule has 0 aliphatic carbocycles. The van der Waals surface area contributed by atoms with Gasteiger partial charge in [0.05, 0.1) is 4.92 Å². The molecule has 1 aliphatic rings. The molecule has 0 aromatic carbocycles. The highest BCUT2D eigenvalue weighted by Crippen LogP contribution is 2.34. The van der Waals surface area contributed by atoms with Gasteiger partial charge in [0.25, 0.3) is 12.3 Å². The van der Waals surface area contributed by atoms with E-state index in [-0.39, 0.29) is 11.4 Å². The van der Waals surface area contributed by atoms with Gasteiger partial charge in [0.2, 0.25) is 5.72 Å².